The zero-order chi connectivity index (χ0) is 8.18. The molecule has 0 radical (unpaired) electrons. The van der Waals surface area contributed by atoms with E-state index in [2.05, 4.69) is 36.9 Å². The van der Waals surface area contributed by atoms with Gasteiger partial charge in [-0.1, -0.05) is 42.5 Å². The maximum Gasteiger partial charge on any atom is 0.00218 e. The van der Waals surface area contributed by atoms with Gasteiger partial charge in [-0.25, -0.2) is 0 Å². The highest BCUT2D eigenvalue weighted by Gasteiger charge is 2.66. The Balaban J connectivity index is 1.91. The predicted molar refractivity (Wildman–Crippen MR) is 50.0 cm³/mol. The van der Waals surface area contributed by atoms with Crippen LogP contribution in [0.4, 0.5) is 0 Å². The van der Waals surface area contributed by atoms with Gasteiger partial charge in [-0.2, -0.15) is 0 Å². The summed E-state index contributed by atoms with van der Waals surface area (Å²) in [6, 6.07) is 10.8. The minimum absolute atomic E-state index is 0.585. The molecule has 1 unspecified atom stereocenters. The first-order chi connectivity index (χ1) is 5.83. The van der Waals surface area contributed by atoms with Crippen LogP contribution >= 0.6 is 0 Å². The third-order valence-electron chi connectivity index (χ3n) is 3.39. The quantitative estimate of drug-likeness (QED) is 0.548. The lowest BCUT2D eigenvalue weighted by Gasteiger charge is -1.95. The van der Waals surface area contributed by atoms with E-state index in [1.165, 1.54) is 24.0 Å². The third-order valence-corrected chi connectivity index (χ3v) is 3.39. The van der Waals surface area contributed by atoms with Crippen LogP contribution in [0.3, 0.4) is 0 Å². The standard InChI is InChI=1S/C12H12/c1-9-7-12(9)8-11(12)10-5-3-2-4-6-10/h2-6,11H,1,7-8H2/t11?,12-/m1/s1. The zero-order valence-electron chi connectivity index (χ0n) is 7.09. The molecule has 12 heavy (non-hydrogen) atoms. The first-order valence-corrected chi connectivity index (χ1v) is 4.56. The van der Waals surface area contributed by atoms with Crippen LogP contribution in [0.15, 0.2) is 42.5 Å². The predicted octanol–water partition coefficient (Wildman–Crippen LogP) is 3.12. The molecular formula is C12H12. The molecule has 0 heterocycles. The molecule has 0 nitrogen and oxygen atoms in total. The van der Waals surface area contributed by atoms with Crippen molar-refractivity contribution < 1.29 is 0 Å². The van der Waals surface area contributed by atoms with E-state index in [-0.39, 0.29) is 0 Å². The first-order valence-electron chi connectivity index (χ1n) is 4.56. The van der Waals surface area contributed by atoms with Gasteiger partial charge >= 0.3 is 0 Å². The van der Waals surface area contributed by atoms with Gasteiger partial charge < -0.3 is 0 Å². The molecule has 60 valence electrons. The molecule has 0 N–H and O–H groups in total. The largest absolute Gasteiger partial charge is 0.0992 e. The highest BCUT2D eigenvalue weighted by Crippen LogP contribution is 2.77. The van der Waals surface area contributed by atoms with Crippen LogP contribution in [-0.2, 0) is 0 Å². The minimum Gasteiger partial charge on any atom is -0.0992 e. The van der Waals surface area contributed by atoms with Crippen molar-refractivity contribution in [3.8, 4) is 0 Å². The van der Waals surface area contributed by atoms with Gasteiger partial charge in [0.2, 0.25) is 0 Å². The Bertz CT molecular complexity index is 336. The average molecular weight is 156 g/mol. The second kappa shape index (κ2) is 1.82. The van der Waals surface area contributed by atoms with Gasteiger partial charge in [0.1, 0.15) is 0 Å². The molecule has 1 aromatic carbocycles. The maximum absolute atomic E-state index is 4.06. The SMILES string of the molecule is C=C1C[C@@]12CC2c1ccccc1. The fraction of sp³-hybridized carbons (Fsp3) is 0.333. The molecule has 2 fully saturated rings. The molecule has 0 aliphatic heterocycles. The normalized spacial score (nSPS) is 37.0. The van der Waals surface area contributed by atoms with Crippen molar-refractivity contribution in [3.05, 3.63) is 48.0 Å². The fourth-order valence-corrected chi connectivity index (χ4v) is 2.35. The third kappa shape index (κ3) is 0.677. The summed E-state index contributed by atoms with van der Waals surface area (Å²) < 4.78 is 0. The van der Waals surface area contributed by atoms with Crippen molar-refractivity contribution >= 4 is 0 Å². The number of rotatable bonds is 1. The van der Waals surface area contributed by atoms with Crippen LogP contribution < -0.4 is 0 Å². The average Bonchev–Trinajstić information content (AvgIpc) is 2.96. The van der Waals surface area contributed by atoms with Crippen LogP contribution in [0.1, 0.15) is 24.3 Å². The summed E-state index contributed by atoms with van der Waals surface area (Å²) in [6.07, 6.45) is 2.64. The lowest BCUT2D eigenvalue weighted by atomic mass is 10.1. The van der Waals surface area contributed by atoms with Crippen LogP contribution in [-0.4, -0.2) is 0 Å². The van der Waals surface area contributed by atoms with Gasteiger partial charge in [-0.15, -0.1) is 0 Å². The van der Waals surface area contributed by atoms with Gasteiger partial charge in [0.15, 0.2) is 0 Å². The summed E-state index contributed by atoms with van der Waals surface area (Å²) in [7, 11) is 0. The van der Waals surface area contributed by atoms with E-state index >= 15 is 0 Å². The van der Waals surface area contributed by atoms with Crippen LogP contribution in [0.2, 0.25) is 0 Å². The highest BCUT2D eigenvalue weighted by molar-refractivity contribution is 5.48. The van der Waals surface area contributed by atoms with Crippen LogP contribution in [0.25, 0.3) is 0 Å². The van der Waals surface area contributed by atoms with E-state index in [1.54, 1.807) is 0 Å². The van der Waals surface area contributed by atoms with E-state index in [0.717, 1.165) is 5.92 Å². The molecule has 0 heteroatoms. The summed E-state index contributed by atoms with van der Waals surface area (Å²) in [5.74, 6) is 0.811. The minimum atomic E-state index is 0.585. The molecule has 2 aliphatic rings. The summed E-state index contributed by atoms with van der Waals surface area (Å²) in [5, 5.41) is 0. The Labute approximate surface area is 72.9 Å². The van der Waals surface area contributed by atoms with E-state index in [0.29, 0.717) is 5.41 Å². The molecule has 1 spiro atoms. The number of allylic oxidation sites excluding steroid dienone is 1. The molecule has 3 rings (SSSR count). The van der Waals surface area contributed by atoms with Gasteiger partial charge in [-0.05, 0) is 24.3 Å². The smallest absolute Gasteiger partial charge is 0.00218 e. The van der Waals surface area contributed by atoms with Crippen molar-refractivity contribution in [1.29, 1.82) is 0 Å². The van der Waals surface area contributed by atoms with Crippen LogP contribution in [0, 0.1) is 5.41 Å². The highest BCUT2D eigenvalue weighted by atomic mass is 14.7. The van der Waals surface area contributed by atoms with Crippen molar-refractivity contribution in [2.75, 3.05) is 0 Å². The van der Waals surface area contributed by atoms with Crippen molar-refractivity contribution in [1.82, 2.24) is 0 Å². The molecular weight excluding hydrogens is 144 g/mol. The monoisotopic (exact) mass is 156 g/mol. The molecule has 2 saturated carbocycles. The van der Waals surface area contributed by atoms with E-state index in [4.69, 9.17) is 0 Å². The maximum atomic E-state index is 4.06. The second-order valence-corrected chi connectivity index (χ2v) is 4.10. The molecule has 2 aliphatic carbocycles. The molecule has 0 aromatic heterocycles. The van der Waals surface area contributed by atoms with Gasteiger partial charge in [0, 0.05) is 5.41 Å². The number of benzene rings is 1. The summed E-state index contributed by atoms with van der Waals surface area (Å²) in [5.41, 5.74) is 3.58. The topological polar surface area (TPSA) is 0 Å². The summed E-state index contributed by atoms with van der Waals surface area (Å²) >= 11 is 0. The van der Waals surface area contributed by atoms with E-state index in [9.17, 15) is 0 Å². The molecule has 2 atom stereocenters. The van der Waals surface area contributed by atoms with Crippen molar-refractivity contribution in [2.24, 2.45) is 5.41 Å². The van der Waals surface area contributed by atoms with Gasteiger partial charge in [-0.3, -0.25) is 0 Å². The van der Waals surface area contributed by atoms with Crippen LogP contribution in [0.5, 0.6) is 0 Å². The first kappa shape index (κ1) is 6.47. The lowest BCUT2D eigenvalue weighted by molar-refractivity contribution is 0.875. The number of hydrogen-bond donors (Lipinski definition) is 0. The van der Waals surface area contributed by atoms with Crippen molar-refractivity contribution in [2.45, 2.75) is 18.8 Å². The van der Waals surface area contributed by atoms with E-state index in [1.807, 2.05) is 0 Å². The Kier molecular flexibility index (Phi) is 0.982. The molecule has 0 amide bonds. The van der Waals surface area contributed by atoms with Gasteiger partial charge in [0.05, 0.1) is 0 Å². The van der Waals surface area contributed by atoms with Crippen molar-refractivity contribution in [3.63, 3.8) is 0 Å². The fourth-order valence-electron chi connectivity index (χ4n) is 2.35. The zero-order valence-corrected chi connectivity index (χ0v) is 7.09. The summed E-state index contributed by atoms with van der Waals surface area (Å²) in [6.45, 7) is 4.06. The summed E-state index contributed by atoms with van der Waals surface area (Å²) in [4.78, 5) is 0. The lowest BCUT2D eigenvalue weighted by Crippen LogP contribution is -1.80. The van der Waals surface area contributed by atoms with Gasteiger partial charge in [0.25, 0.3) is 0 Å². The molecule has 0 bridgehead atoms. The Hall–Kier alpha value is -1.04. The molecule has 0 saturated heterocycles. The Morgan fingerprint density at radius 3 is 2.42 bits per heavy atom. The molecule has 1 aromatic rings. The number of hydrogen-bond acceptors (Lipinski definition) is 0. The Morgan fingerprint density at radius 2 is 1.92 bits per heavy atom. The Morgan fingerprint density at radius 1 is 1.25 bits per heavy atom. The van der Waals surface area contributed by atoms with E-state index < -0.39 is 0 Å². The second-order valence-electron chi connectivity index (χ2n) is 4.10.